The first kappa shape index (κ1) is 20.9. The van der Waals surface area contributed by atoms with E-state index in [1.165, 1.54) is 12.8 Å². The van der Waals surface area contributed by atoms with Crippen molar-refractivity contribution in [1.82, 2.24) is 15.3 Å². The summed E-state index contributed by atoms with van der Waals surface area (Å²) in [6, 6.07) is 9.68. The molecule has 3 rings (SSSR count). The number of carbonyl (C=O) groups is 1. The van der Waals surface area contributed by atoms with Crippen LogP contribution in [0.25, 0.3) is 0 Å². The van der Waals surface area contributed by atoms with Crippen LogP contribution in [0.4, 0.5) is 5.82 Å². The number of hydrogen-bond donors (Lipinski definition) is 1. The summed E-state index contributed by atoms with van der Waals surface area (Å²) in [4.78, 5) is 23.5. The van der Waals surface area contributed by atoms with E-state index in [4.69, 9.17) is 11.6 Å². The number of carbonyl (C=O) groups excluding carboxylic acids is 1. The monoisotopic (exact) mass is 418 g/mol. The Balaban J connectivity index is 1.60. The Hall–Kier alpha value is -1.79. The van der Waals surface area contributed by atoms with Crippen LogP contribution in [0.1, 0.15) is 49.5 Å². The minimum Gasteiger partial charge on any atom is -0.356 e. The number of anilines is 1. The highest BCUT2D eigenvalue weighted by Crippen LogP contribution is 2.26. The van der Waals surface area contributed by atoms with Crippen LogP contribution in [0.2, 0.25) is 5.15 Å². The van der Waals surface area contributed by atoms with Crippen molar-refractivity contribution in [3.8, 4) is 0 Å². The quantitative estimate of drug-likeness (QED) is 0.397. The molecule has 1 amide bonds. The molecule has 7 heteroatoms. The van der Waals surface area contributed by atoms with Gasteiger partial charge in [-0.15, -0.1) is 0 Å². The molecule has 0 spiro atoms. The Kier molecular flexibility index (Phi) is 7.18. The van der Waals surface area contributed by atoms with Crippen LogP contribution in [0.3, 0.4) is 0 Å². The number of nitrogens with zero attached hydrogens (tertiary/aromatic N) is 3. The largest absolute Gasteiger partial charge is 0.356 e. The highest BCUT2D eigenvalue weighted by atomic mass is 35.5. The van der Waals surface area contributed by atoms with Gasteiger partial charge in [0.15, 0.2) is 5.16 Å². The molecular weight excluding hydrogens is 392 g/mol. The van der Waals surface area contributed by atoms with Crippen molar-refractivity contribution in [1.29, 1.82) is 0 Å². The van der Waals surface area contributed by atoms with Gasteiger partial charge in [0, 0.05) is 36.5 Å². The molecule has 0 saturated carbocycles. The molecule has 5 nitrogen and oxygen atoms in total. The summed E-state index contributed by atoms with van der Waals surface area (Å²) in [6.07, 6.45) is 2.39. The predicted molar refractivity (Wildman–Crippen MR) is 116 cm³/mol. The van der Waals surface area contributed by atoms with Crippen LogP contribution in [-0.2, 0) is 5.75 Å². The van der Waals surface area contributed by atoms with Crippen LogP contribution >= 0.6 is 23.4 Å². The second kappa shape index (κ2) is 9.61. The molecule has 1 N–H and O–H groups in total. The first-order valence-electron chi connectivity index (χ1n) is 9.74. The molecule has 1 aliphatic rings. The van der Waals surface area contributed by atoms with Gasteiger partial charge in [-0.1, -0.05) is 49.3 Å². The smallest absolute Gasteiger partial charge is 0.251 e. The third kappa shape index (κ3) is 5.61. The number of amides is 1. The second-order valence-corrected chi connectivity index (χ2v) is 8.85. The fourth-order valence-electron chi connectivity index (χ4n) is 2.92. The van der Waals surface area contributed by atoms with Crippen molar-refractivity contribution in [2.45, 2.75) is 50.6 Å². The minimum absolute atomic E-state index is 0.0335. The van der Waals surface area contributed by atoms with Gasteiger partial charge in [0.05, 0.1) is 0 Å². The number of thioether (sulfide) groups is 1. The molecule has 0 aliphatic carbocycles. The maximum absolute atomic E-state index is 12.3. The zero-order chi connectivity index (χ0) is 20.1. The molecule has 2 aromatic rings. The fourth-order valence-corrected chi connectivity index (χ4v) is 3.95. The highest BCUT2D eigenvalue weighted by Gasteiger charge is 2.16. The number of nitrogens with one attached hydrogen (secondary N) is 1. The van der Waals surface area contributed by atoms with Gasteiger partial charge in [-0.2, -0.15) is 0 Å². The van der Waals surface area contributed by atoms with E-state index in [9.17, 15) is 4.79 Å². The van der Waals surface area contributed by atoms with Crippen LogP contribution in [0.15, 0.2) is 35.5 Å². The Morgan fingerprint density at radius 3 is 2.50 bits per heavy atom. The summed E-state index contributed by atoms with van der Waals surface area (Å²) in [5.41, 5.74) is 1.79. The van der Waals surface area contributed by atoms with Crippen molar-refractivity contribution in [3.05, 3.63) is 46.6 Å². The highest BCUT2D eigenvalue weighted by molar-refractivity contribution is 7.98. The number of halogens is 1. The van der Waals surface area contributed by atoms with E-state index in [1.54, 1.807) is 11.8 Å². The number of benzene rings is 1. The standard InChI is InChI=1S/C21H27ClN4OS/c1-14(2)15(3)23-20(27)17-8-6-16(7-9-17)13-28-21-24-18(22)12-19(25-21)26-10-4-5-11-26/h6-9,12,14-15H,4-5,10-11,13H2,1-3H3,(H,23,27). The fraction of sp³-hybridized carbons (Fsp3) is 0.476. The molecule has 28 heavy (non-hydrogen) atoms. The summed E-state index contributed by atoms with van der Waals surface area (Å²) in [7, 11) is 0. The predicted octanol–water partition coefficient (Wildman–Crippen LogP) is 4.80. The first-order valence-corrected chi connectivity index (χ1v) is 11.1. The van der Waals surface area contributed by atoms with Crippen LogP contribution < -0.4 is 10.2 Å². The van der Waals surface area contributed by atoms with Gasteiger partial charge in [-0.3, -0.25) is 4.79 Å². The summed E-state index contributed by atoms with van der Waals surface area (Å²) < 4.78 is 0. The maximum Gasteiger partial charge on any atom is 0.251 e. The van der Waals surface area contributed by atoms with Gasteiger partial charge in [-0.25, -0.2) is 9.97 Å². The lowest BCUT2D eigenvalue weighted by atomic mass is 10.1. The van der Waals surface area contributed by atoms with E-state index < -0.39 is 0 Å². The van der Waals surface area contributed by atoms with Crippen LogP contribution in [0.5, 0.6) is 0 Å². The van der Waals surface area contributed by atoms with E-state index in [0.717, 1.165) is 30.2 Å². The molecule has 0 bridgehead atoms. The molecule has 0 radical (unpaired) electrons. The molecule has 1 aliphatic heterocycles. The van der Waals surface area contributed by atoms with Gasteiger partial charge in [0.25, 0.3) is 5.91 Å². The molecular formula is C21H27ClN4OS. The van der Waals surface area contributed by atoms with E-state index in [2.05, 4.69) is 34.0 Å². The molecule has 1 saturated heterocycles. The normalized spacial score (nSPS) is 15.1. The average molecular weight is 419 g/mol. The Morgan fingerprint density at radius 1 is 1.18 bits per heavy atom. The molecule has 1 fully saturated rings. The zero-order valence-corrected chi connectivity index (χ0v) is 18.2. The van der Waals surface area contributed by atoms with Crippen molar-refractivity contribution in [3.63, 3.8) is 0 Å². The zero-order valence-electron chi connectivity index (χ0n) is 16.6. The average Bonchev–Trinajstić information content (AvgIpc) is 3.21. The Morgan fingerprint density at radius 2 is 1.86 bits per heavy atom. The summed E-state index contributed by atoms with van der Waals surface area (Å²) in [5, 5.41) is 4.19. The van der Waals surface area contributed by atoms with Crippen molar-refractivity contribution in [2.24, 2.45) is 5.92 Å². The van der Waals surface area contributed by atoms with Crippen molar-refractivity contribution >= 4 is 35.1 Å². The molecule has 1 aromatic carbocycles. The van der Waals surface area contributed by atoms with E-state index in [-0.39, 0.29) is 11.9 Å². The van der Waals surface area contributed by atoms with Gasteiger partial charge in [0.1, 0.15) is 11.0 Å². The second-order valence-electron chi connectivity index (χ2n) is 7.52. The molecule has 1 aromatic heterocycles. The summed E-state index contributed by atoms with van der Waals surface area (Å²) in [6.45, 7) is 8.26. The van der Waals surface area contributed by atoms with E-state index in [0.29, 0.717) is 21.8 Å². The maximum atomic E-state index is 12.3. The summed E-state index contributed by atoms with van der Waals surface area (Å²) in [5.74, 6) is 2.01. The number of aromatic nitrogens is 2. The van der Waals surface area contributed by atoms with Gasteiger partial charge < -0.3 is 10.2 Å². The van der Waals surface area contributed by atoms with Gasteiger partial charge in [0.2, 0.25) is 0 Å². The van der Waals surface area contributed by atoms with Gasteiger partial charge in [-0.05, 0) is 43.4 Å². The number of hydrogen-bond acceptors (Lipinski definition) is 5. The van der Waals surface area contributed by atoms with Crippen molar-refractivity contribution < 1.29 is 4.79 Å². The number of rotatable bonds is 7. The topological polar surface area (TPSA) is 58.1 Å². The summed E-state index contributed by atoms with van der Waals surface area (Å²) >= 11 is 7.75. The van der Waals surface area contributed by atoms with Crippen LogP contribution in [-0.4, -0.2) is 35.0 Å². The minimum atomic E-state index is -0.0335. The molecule has 1 atom stereocenters. The molecule has 2 heterocycles. The lowest BCUT2D eigenvalue weighted by Gasteiger charge is -2.17. The van der Waals surface area contributed by atoms with Crippen LogP contribution in [0, 0.1) is 5.92 Å². The third-order valence-electron chi connectivity index (χ3n) is 5.03. The van der Waals surface area contributed by atoms with Gasteiger partial charge >= 0.3 is 0 Å². The van der Waals surface area contributed by atoms with E-state index in [1.807, 2.05) is 37.3 Å². The lowest BCUT2D eigenvalue weighted by Crippen LogP contribution is -2.36. The lowest BCUT2D eigenvalue weighted by molar-refractivity contribution is 0.0930. The SMILES string of the molecule is CC(C)C(C)NC(=O)c1ccc(CSc2nc(Cl)cc(N3CCCC3)n2)cc1. The Labute approximate surface area is 176 Å². The molecule has 1 unspecified atom stereocenters. The third-order valence-corrected chi connectivity index (χ3v) is 6.15. The van der Waals surface area contributed by atoms with E-state index >= 15 is 0 Å². The Bertz CT molecular complexity index is 807. The first-order chi connectivity index (χ1) is 13.4. The van der Waals surface area contributed by atoms with Crippen molar-refractivity contribution in [2.75, 3.05) is 18.0 Å². The molecule has 150 valence electrons.